The summed E-state index contributed by atoms with van der Waals surface area (Å²) in [6.07, 6.45) is -0.613. The number of nitrogens with zero attached hydrogens (tertiary/aromatic N) is 1. The van der Waals surface area contributed by atoms with Gasteiger partial charge in [-0.3, -0.25) is 4.79 Å². The smallest absolute Gasteiger partial charge is 0.332 e. The molecule has 1 aromatic heterocycles. The number of carbonyl (C=O) groups is 2. The third-order valence-electron chi connectivity index (χ3n) is 3.45. The first-order chi connectivity index (χ1) is 9.00. The largest absolute Gasteiger partial charge is 0.479 e. The van der Waals surface area contributed by atoms with E-state index in [9.17, 15) is 9.59 Å². The van der Waals surface area contributed by atoms with E-state index in [4.69, 9.17) is 9.84 Å². The monoisotopic (exact) mass is 283 g/mol. The van der Waals surface area contributed by atoms with Crippen molar-refractivity contribution >= 4 is 23.2 Å². The van der Waals surface area contributed by atoms with Gasteiger partial charge in [0.15, 0.2) is 6.10 Å². The van der Waals surface area contributed by atoms with Gasteiger partial charge in [0.2, 0.25) is 0 Å². The van der Waals surface area contributed by atoms with Gasteiger partial charge in [-0.05, 0) is 31.2 Å². The lowest BCUT2D eigenvalue weighted by Gasteiger charge is -2.26. The maximum Gasteiger partial charge on any atom is 0.332 e. The van der Waals surface area contributed by atoms with Crippen LogP contribution in [0, 0.1) is 0 Å². The second-order valence-corrected chi connectivity index (χ2v) is 5.65. The zero-order valence-electron chi connectivity index (χ0n) is 10.9. The van der Waals surface area contributed by atoms with Crippen LogP contribution < -0.4 is 0 Å². The predicted molar refractivity (Wildman–Crippen MR) is 71.0 cm³/mol. The van der Waals surface area contributed by atoms with Crippen molar-refractivity contribution in [3.05, 3.63) is 22.4 Å². The van der Waals surface area contributed by atoms with Crippen molar-refractivity contribution in [3.8, 4) is 0 Å². The van der Waals surface area contributed by atoms with Gasteiger partial charge < -0.3 is 14.7 Å². The topological polar surface area (TPSA) is 66.8 Å². The summed E-state index contributed by atoms with van der Waals surface area (Å²) in [6, 6.07) is 3.90. The quantitative estimate of drug-likeness (QED) is 0.916. The molecule has 19 heavy (non-hydrogen) atoms. The maximum atomic E-state index is 12.3. The zero-order valence-corrected chi connectivity index (χ0v) is 11.7. The van der Waals surface area contributed by atoms with Crippen molar-refractivity contribution in [2.24, 2.45) is 0 Å². The summed E-state index contributed by atoms with van der Waals surface area (Å²) in [6.45, 7) is 1.95. The summed E-state index contributed by atoms with van der Waals surface area (Å²) >= 11 is 1.60. The molecule has 6 heteroatoms. The summed E-state index contributed by atoms with van der Waals surface area (Å²) in [5, 5.41) is 10.8. The standard InChI is InChI=1S/C13H17NO4S/c1-8(11-4-3-7-19-11)14(2)12(15)9-5-6-10(18-9)13(16)17/h3-4,7-10H,5-6H2,1-2H3,(H,16,17). The molecule has 1 amide bonds. The molecule has 2 rings (SSSR count). The van der Waals surface area contributed by atoms with Gasteiger partial charge in [0.1, 0.15) is 6.10 Å². The van der Waals surface area contributed by atoms with Gasteiger partial charge in [-0.25, -0.2) is 4.79 Å². The molecule has 0 saturated carbocycles. The molecular weight excluding hydrogens is 266 g/mol. The molecule has 2 heterocycles. The fourth-order valence-electron chi connectivity index (χ4n) is 2.14. The van der Waals surface area contributed by atoms with E-state index in [0.717, 1.165) is 4.88 Å². The number of aliphatic carboxylic acids is 1. The highest BCUT2D eigenvalue weighted by molar-refractivity contribution is 7.10. The highest BCUT2D eigenvalue weighted by Crippen LogP contribution is 2.27. The minimum Gasteiger partial charge on any atom is -0.479 e. The lowest BCUT2D eigenvalue weighted by Crippen LogP contribution is -2.38. The van der Waals surface area contributed by atoms with Gasteiger partial charge in [-0.2, -0.15) is 0 Å². The van der Waals surface area contributed by atoms with Crippen LogP contribution in [0.25, 0.3) is 0 Å². The Balaban J connectivity index is 1.98. The van der Waals surface area contributed by atoms with Crippen molar-refractivity contribution in [3.63, 3.8) is 0 Å². The van der Waals surface area contributed by atoms with Crippen LogP contribution in [0.3, 0.4) is 0 Å². The van der Waals surface area contributed by atoms with Gasteiger partial charge in [-0.1, -0.05) is 6.07 Å². The highest BCUT2D eigenvalue weighted by atomic mass is 32.1. The molecule has 0 aliphatic carbocycles. The Kier molecular flexibility index (Phi) is 4.21. The number of thiophene rings is 1. The molecule has 1 aromatic rings. The Morgan fingerprint density at radius 3 is 2.68 bits per heavy atom. The molecule has 104 valence electrons. The molecule has 0 spiro atoms. The van der Waals surface area contributed by atoms with Gasteiger partial charge in [-0.15, -0.1) is 11.3 Å². The van der Waals surface area contributed by atoms with E-state index in [1.807, 2.05) is 24.4 Å². The Bertz CT molecular complexity index is 459. The molecule has 1 aliphatic heterocycles. The van der Waals surface area contributed by atoms with Crippen LogP contribution in [0.2, 0.25) is 0 Å². The normalized spacial score (nSPS) is 24.1. The molecular formula is C13H17NO4S. The molecule has 1 aliphatic rings. The van der Waals surface area contributed by atoms with Crippen molar-refractivity contribution in [2.75, 3.05) is 7.05 Å². The van der Waals surface area contributed by atoms with Gasteiger partial charge in [0.05, 0.1) is 6.04 Å². The number of rotatable bonds is 4. The first-order valence-electron chi connectivity index (χ1n) is 6.19. The molecule has 3 unspecified atom stereocenters. The first kappa shape index (κ1) is 14.0. The van der Waals surface area contributed by atoms with Gasteiger partial charge >= 0.3 is 5.97 Å². The van der Waals surface area contributed by atoms with Crippen LogP contribution in [0.4, 0.5) is 0 Å². The number of carboxylic acid groups (broad SMARTS) is 1. The van der Waals surface area contributed by atoms with Gasteiger partial charge in [0.25, 0.3) is 5.91 Å². The lowest BCUT2D eigenvalue weighted by atomic mass is 10.1. The highest BCUT2D eigenvalue weighted by Gasteiger charge is 2.37. The molecule has 0 radical (unpaired) electrons. The molecule has 5 nitrogen and oxygen atoms in total. The average Bonchev–Trinajstić information content (AvgIpc) is 3.06. The van der Waals surface area contributed by atoms with E-state index >= 15 is 0 Å². The van der Waals surface area contributed by atoms with Crippen LogP contribution in [-0.4, -0.2) is 41.1 Å². The van der Waals surface area contributed by atoms with Crippen LogP contribution in [-0.2, 0) is 14.3 Å². The number of amides is 1. The third-order valence-corrected chi connectivity index (χ3v) is 4.50. The Hall–Kier alpha value is -1.40. The lowest BCUT2D eigenvalue weighted by molar-refractivity contribution is -0.155. The molecule has 1 N–H and O–H groups in total. The summed E-state index contributed by atoms with van der Waals surface area (Å²) in [4.78, 5) is 25.8. The van der Waals surface area contributed by atoms with Crippen molar-refractivity contribution in [2.45, 2.75) is 38.0 Å². The Morgan fingerprint density at radius 2 is 2.16 bits per heavy atom. The molecule has 0 aromatic carbocycles. The maximum absolute atomic E-state index is 12.3. The second-order valence-electron chi connectivity index (χ2n) is 4.67. The molecule has 3 atom stereocenters. The SMILES string of the molecule is CC(c1cccs1)N(C)C(=O)C1CCC(C(=O)O)O1. The van der Waals surface area contributed by atoms with Crippen molar-refractivity contribution in [1.82, 2.24) is 4.90 Å². The second kappa shape index (κ2) is 5.71. The minimum atomic E-state index is -0.996. The minimum absolute atomic E-state index is 0.0278. The van der Waals surface area contributed by atoms with Gasteiger partial charge in [0, 0.05) is 11.9 Å². The number of hydrogen-bond acceptors (Lipinski definition) is 4. The summed E-state index contributed by atoms with van der Waals surface area (Å²) in [5.41, 5.74) is 0. The number of likely N-dealkylation sites (N-methyl/N-ethyl adjacent to an activating group) is 1. The van der Waals surface area contributed by atoms with Crippen molar-refractivity contribution in [1.29, 1.82) is 0 Å². The van der Waals surface area contributed by atoms with Crippen LogP contribution in [0.15, 0.2) is 17.5 Å². The first-order valence-corrected chi connectivity index (χ1v) is 7.07. The third kappa shape index (κ3) is 2.96. The van der Waals surface area contributed by atoms with Crippen LogP contribution in [0.1, 0.15) is 30.7 Å². The van der Waals surface area contributed by atoms with E-state index in [1.54, 1.807) is 23.3 Å². The number of ether oxygens (including phenoxy) is 1. The van der Waals surface area contributed by atoms with E-state index in [1.165, 1.54) is 0 Å². The van der Waals surface area contributed by atoms with E-state index in [2.05, 4.69) is 0 Å². The van der Waals surface area contributed by atoms with E-state index in [-0.39, 0.29) is 11.9 Å². The van der Waals surface area contributed by atoms with Crippen molar-refractivity contribution < 1.29 is 19.4 Å². The molecule has 1 saturated heterocycles. The number of hydrogen-bond donors (Lipinski definition) is 1. The summed E-state index contributed by atoms with van der Waals surface area (Å²) in [5.74, 6) is -1.14. The fraction of sp³-hybridized carbons (Fsp3) is 0.538. The van der Waals surface area contributed by atoms with E-state index < -0.39 is 18.2 Å². The zero-order chi connectivity index (χ0) is 14.0. The van der Waals surface area contributed by atoms with Crippen LogP contribution >= 0.6 is 11.3 Å². The average molecular weight is 283 g/mol. The van der Waals surface area contributed by atoms with Crippen LogP contribution in [0.5, 0.6) is 0 Å². The fourth-order valence-corrected chi connectivity index (χ4v) is 2.96. The number of carbonyl (C=O) groups excluding carboxylic acids is 1. The predicted octanol–water partition coefficient (Wildman–Crippen LogP) is 1.90. The van der Waals surface area contributed by atoms with E-state index in [0.29, 0.717) is 12.8 Å². The summed E-state index contributed by atoms with van der Waals surface area (Å²) in [7, 11) is 1.73. The Labute approximate surface area is 115 Å². The summed E-state index contributed by atoms with van der Waals surface area (Å²) < 4.78 is 5.29. The number of carboxylic acids is 1. The molecule has 0 bridgehead atoms. The molecule has 1 fully saturated rings. The Morgan fingerprint density at radius 1 is 1.47 bits per heavy atom.